The zero-order valence-corrected chi connectivity index (χ0v) is 11.8. The van der Waals surface area contributed by atoms with Crippen molar-refractivity contribution in [3.63, 3.8) is 0 Å². The summed E-state index contributed by atoms with van der Waals surface area (Å²) in [5.74, 6) is 0. The Balaban J connectivity index is 2.06. The van der Waals surface area contributed by atoms with Crippen LogP contribution in [0.1, 0.15) is 5.56 Å². The van der Waals surface area contributed by atoms with Crippen LogP contribution >= 0.6 is 11.3 Å². The number of thiophene rings is 1. The first-order valence-corrected chi connectivity index (χ1v) is 7.33. The van der Waals surface area contributed by atoms with Gasteiger partial charge in [0.2, 0.25) is 0 Å². The molecule has 4 aromatic rings. The van der Waals surface area contributed by atoms with Crippen LogP contribution in [0.3, 0.4) is 0 Å². The molecule has 0 spiro atoms. The van der Waals surface area contributed by atoms with Gasteiger partial charge in [-0.15, -0.1) is 11.3 Å². The maximum absolute atomic E-state index is 4.33. The third-order valence-corrected chi connectivity index (χ3v) is 4.72. The van der Waals surface area contributed by atoms with Crippen molar-refractivity contribution >= 4 is 31.5 Å². The third kappa shape index (κ3) is 1.71. The molecule has 2 heterocycles. The molecule has 0 N–H and O–H groups in total. The van der Waals surface area contributed by atoms with Crippen LogP contribution in [0.4, 0.5) is 0 Å². The van der Waals surface area contributed by atoms with Crippen LogP contribution in [0.5, 0.6) is 0 Å². The van der Waals surface area contributed by atoms with Crippen LogP contribution < -0.4 is 0 Å². The fourth-order valence-corrected chi connectivity index (χ4v) is 3.79. The maximum Gasteiger partial charge on any atom is 0.116 e. The monoisotopic (exact) mass is 276 g/mol. The number of rotatable bonds is 1. The van der Waals surface area contributed by atoms with Crippen LogP contribution in [0.2, 0.25) is 0 Å². The summed E-state index contributed by atoms with van der Waals surface area (Å²) < 4.78 is 2.67. The molecular weight excluding hydrogens is 264 g/mol. The van der Waals surface area contributed by atoms with E-state index in [0.29, 0.717) is 0 Å². The molecule has 0 radical (unpaired) electrons. The van der Waals surface area contributed by atoms with E-state index in [1.165, 1.54) is 25.7 Å². The Morgan fingerprint density at radius 3 is 2.80 bits per heavy atom. The number of hydrogen-bond acceptors (Lipinski definition) is 3. The molecule has 0 aliphatic carbocycles. The molecule has 20 heavy (non-hydrogen) atoms. The van der Waals surface area contributed by atoms with Crippen molar-refractivity contribution in [3.8, 4) is 11.3 Å². The average Bonchev–Trinajstić information content (AvgIpc) is 2.87. The van der Waals surface area contributed by atoms with Gasteiger partial charge in [-0.2, -0.15) is 0 Å². The van der Waals surface area contributed by atoms with Crippen LogP contribution in [0.25, 0.3) is 31.4 Å². The normalized spacial score (nSPS) is 11.2. The van der Waals surface area contributed by atoms with Crippen molar-refractivity contribution in [2.45, 2.75) is 6.92 Å². The lowest BCUT2D eigenvalue weighted by Crippen LogP contribution is -1.83. The summed E-state index contributed by atoms with van der Waals surface area (Å²) in [5, 5.41) is 2.68. The van der Waals surface area contributed by atoms with Gasteiger partial charge in [-0.25, -0.2) is 9.97 Å². The van der Waals surface area contributed by atoms with Crippen LogP contribution in [0.15, 0.2) is 55.0 Å². The van der Waals surface area contributed by atoms with Crippen LogP contribution in [-0.4, -0.2) is 9.97 Å². The third-order valence-electron chi connectivity index (χ3n) is 3.58. The summed E-state index contributed by atoms with van der Waals surface area (Å²) in [5.41, 5.74) is 3.44. The quantitative estimate of drug-likeness (QED) is 0.498. The molecule has 0 amide bonds. The number of aromatic nitrogens is 2. The van der Waals surface area contributed by atoms with Gasteiger partial charge in [-0.3, -0.25) is 0 Å². The molecule has 0 atom stereocenters. The number of fused-ring (bicyclic) bond motifs is 3. The number of hydrogen-bond donors (Lipinski definition) is 0. The highest BCUT2D eigenvalue weighted by atomic mass is 32.1. The Morgan fingerprint density at radius 2 is 1.95 bits per heavy atom. The molecule has 2 nitrogen and oxygen atoms in total. The Bertz CT molecular complexity index is 910. The standard InChI is InChI=1S/C17H12N2S/c1-11-3-2-4-16-17(11)13-9-12(5-6-15(13)20-16)14-7-8-18-10-19-14/h2-10H,1H3. The van der Waals surface area contributed by atoms with Crippen molar-refractivity contribution in [2.24, 2.45) is 0 Å². The molecule has 0 fully saturated rings. The van der Waals surface area contributed by atoms with E-state index in [9.17, 15) is 0 Å². The van der Waals surface area contributed by atoms with Crippen molar-refractivity contribution in [1.82, 2.24) is 9.97 Å². The lowest BCUT2D eigenvalue weighted by atomic mass is 10.0. The van der Waals surface area contributed by atoms with Gasteiger partial charge < -0.3 is 0 Å². The van der Waals surface area contributed by atoms with Gasteiger partial charge in [0.1, 0.15) is 6.33 Å². The number of nitrogens with zero attached hydrogens (tertiary/aromatic N) is 2. The Morgan fingerprint density at radius 1 is 1.00 bits per heavy atom. The van der Waals surface area contributed by atoms with E-state index in [0.717, 1.165) is 11.3 Å². The lowest BCUT2D eigenvalue weighted by molar-refractivity contribution is 1.17. The SMILES string of the molecule is Cc1cccc2sc3ccc(-c4ccncn4)cc3c12. The van der Waals surface area contributed by atoms with E-state index in [4.69, 9.17) is 0 Å². The first-order valence-electron chi connectivity index (χ1n) is 6.51. The zero-order valence-electron chi connectivity index (χ0n) is 11.0. The van der Waals surface area contributed by atoms with Gasteiger partial charge in [0, 0.05) is 31.9 Å². The first-order chi connectivity index (χ1) is 9.83. The lowest BCUT2D eigenvalue weighted by Gasteiger charge is -2.01. The molecule has 0 bridgehead atoms. The Hall–Kier alpha value is -2.26. The predicted octanol–water partition coefficient (Wildman–Crippen LogP) is 4.82. The van der Waals surface area contributed by atoms with Crippen molar-refractivity contribution < 1.29 is 0 Å². The number of benzene rings is 2. The average molecular weight is 276 g/mol. The van der Waals surface area contributed by atoms with Crippen LogP contribution in [-0.2, 0) is 0 Å². The molecular formula is C17H12N2S. The Labute approximate surface area is 120 Å². The van der Waals surface area contributed by atoms with Crippen molar-refractivity contribution in [1.29, 1.82) is 0 Å². The summed E-state index contributed by atoms with van der Waals surface area (Å²) >= 11 is 1.85. The minimum atomic E-state index is 0.967. The minimum Gasteiger partial charge on any atom is -0.245 e. The zero-order chi connectivity index (χ0) is 13.5. The largest absolute Gasteiger partial charge is 0.245 e. The highest BCUT2D eigenvalue weighted by Crippen LogP contribution is 2.37. The second-order valence-electron chi connectivity index (χ2n) is 4.86. The molecule has 0 aliphatic heterocycles. The molecule has 0 unspecified atom stereocenters. The molecule has 2 aromatic heterocycles. The smallest absolute Gasteiger partial charge is 0.116 e. The fraction of sp³-hybridized carbons (Fsp3) is 0.0588. The summed E-state index contributed by atoms with van der Waals surface area (Å²) in [4.78, 5) is 8.31. The van der Waals surface area contributed by atoms with E-state index in [1.54, 1.807) is 12.5 Å². The van der Waals surface area contributed by atoms with E-state index in [2.05, 4.69) is 53.3 Å². The molecule has 0 aliphatic rings. The highest BCUT2D eigenvalue weighted by Gasteiger charge is 2.08. The molecule has 3 heteroatoms. The highest BCUT2D eigenvalue weighted by molar-refractivity contribution is 7.25. The second-order valence-corrected chi connectivity index (χ2v) is 5.94. The summed E-state index contributed by atoms with van der Waals surface area (Å²) in [6, 6.07) is 15.0. The molecule has 2 aromatic carbocycles. The maximum atomic E-state index is 4.33. The van der Waals surface area contributed by atoms with Gasteiger partial charge in [-0.05, 0) is 36.8 Å². The Kier molecular flexibility index (Phi) is 2.54. The molecule has 0 saturated heterocycles. The van der Waals surface area contributed by atoms with E-state index in [1.807, 2.05) is 17.4 Å². The summed E-state index contributed by atoms with van der Waals surface area (Å²) in [7, 11) is 0. The van der Waals surface area contributed by atoms with Gasteiger partial charge >= 0.3 is 0 Å². The van der Waals surface area contributed by atoms with Gasteiger partial charge in [0.25, 0.3) is 0 Å². The molecule has 4 rings (SSSR count). The predicted molar refractivity (Wildman–Crippen MR) is 85.1 cm³/mol. The van der Waals surface area contributed by atoms with Gasteiger partial charge in [0.15, 0.2) is 0 Å². The van der Waals surface area contributed by atoms with Crippen molar-refractivity contribution in [2.75, 3.05) is 0 Å². The van der Waals surface area contributed by atoms with Crippen molar-refractivity contribution in [3.05, 3.63) is 60.6 Å². The van der Waals surface area contributed by atoms with E-state index >= 15 is 0 Å². The fourth-order valence-electron chi connectivity index (χ4n) is 2.62. The molecule has 0 saturated carbocycles. The first kappa shape index (κ1) is 11.6. The van der Waals surface area contributed by atoms with Gasteiger partial charge in [0.05, 0.1) is 5.69 Å². The minimum absolute atomic E-state index is 0.967. The molecule has 96 valence electrons. The summed E-state index contributed by atoms with van der Waals surface area (Å²) in [6.07, 6.45) is 3.38. The number of aryl methyl sites for hydroxylation is 1. The van der Waals surface area contributed by atoms with E-state index < -0.39 is 0 Å². The van der Waals surface area contributed by atoms with Gasteiger partial charge in [-0.1, -0.05) is 18.2 Å². The van der Waals surface area contributed by atoms with E-state index in [-0.39, 0.29) is 0 Å². The topological polar surface area (TPSA) is 25.8 Å². The summed E-state index contributed by atoms with van der Waals surface area (Å²) in [6.45, 7) is 2.17. The van der Waals surface area contributed by atoms with Crippen LogP contribution in [0, 0.1) is 6.92 Å². The second kappa shape index (κ2) is 4.39.